The third-order valence-corrected chi connectivity index (χ3v) is 2.72. The van der Waals surface area contributed by atoms with Crippen LogP contribution in [0.15, 0.2) is 18.2 Å². The molecule has 1 aromatic heterocycles. The molecule has 0 spiro atoms. The van der Waals surface area contributed by atoms with Crippen molar-refractivity contribution in [1.82, 2.24) is 15.0 Å². The zero-order chi connectivity index (χ0) is 12.4. The van der Waals surface area contributed by atoms with Crippen LogP contribution in [0.4, 0.5) is 17.6 Å². The third-order valence-electron chi connectivity index (χ3n) is 2.14. The maximum atomic E-state index is 6.00. The Morgan fingerprint density at radius 2 is 1.94 bits per heavy atom. The summed E-state index contributed by atoms with van der Waals surface area (Å²) in [7, 11) is 0. The van der Waals surface area contributed by atoms with E-state index >= 15 is 0 Å². The number of nitrogens with zero attached hydrogens (tertiary/aromatic N) is 3. The van der Waals surface area contributed by atoms with Gasteiger partial charge in [0.05, 0.1) is 0 Å². The highest BCUT2D eigenvalue weighted by Crippen LogP contribution is 2.25. The van der Waals surface area contributed by atoms with Crippen LogP contribution in [0.3, 0.4) is 0 Å². The van der Waals surface area contributed by atoms with E-state index in [1.54, 1.807) is 6.07 Å². The zero-order valence-corrected chi connectivity index (χ0v) is 10.4. The standard InChI is InChI=1S/C10H9Cl2N5/c1-5-6(11)3-2-4-7(5)14-10-16-8(12)15-9(13)17-10/h2-4H,1H3,(H3,13,14,15,16,17). The number of halogens is 2. The number of nitrogens with two attached hydrogens (primary N) is 1. The summed E-state index contributed by atoms with van der Waals surface area (Å²) >= 11 is 11.7. The van der Waals surface area contributed by atoms with Crippen LogP contribution in [-0.2, 0) is 0 Å². The molecule has 88 valence electrons. The number of benzene rings is 1. The largest absolute Gasteiger partial charge is 0.368 e. The van der Waals surface area contributed by atoms with Crippen molar-refractivity contribution in [1.29, 1.82) is 0 Å². The second-order valence-electron chi connectivity index (χ2n) is 3.32. The van der Waals surface area contributed by atoms with Gasteiger partial charge in [-0.2, -0.15) is 15.0 Å². The summed E-state index contributed by atoms with van der Waals surface area (Å²) in [5.74, 6) is 0.347. The number of nitrogens with one attached hydrogen (secondary N) is 1. The minimum absolute atomic E-state index is 0.0414. The monoisotopic (exact) mass is 269 g/mol. The van der Waals surface area contributed by atoms with E-state index in [9.17, 15) is 0 Å². The Balaban J connectivity index is 2.34. The Hall–Kier alpha value is -1.59. The molecule has 1 aromatic carbocycles. The molecule has 5 nitrogen and oxygen atoms in total. The van der Waals surface area contributed by atoms with Gasteiger partial charge in [0.2, 0.25) is 17.2 Å². The minimum Gasteiger partial charge on any atom is -0.368 e. The fraction of sp³-hybridized carbons (Fsp3) is 0.100. The molecule has 7 heteroatoms. The molecule has 0 unspecified atom stereocenters. The van der Waals surface area contributed by atoms with E-state index in [0.29, 0.717) is 5.02 Å². The van der Waals surface area contributed by atoms with E-state index in [0.717, 1.165) is 11.3 Å². The summed E-state index contributed by atoms with van der Waals surface area (Å²) in [6.45, 7) is 1.89. The van der Waals surface area contributed by atoms with Crippen LogP contribution in [0, 0.1) is 6.92 Å². The maximum absolute atomic E-state index is 6.00. The molecule has 0 saturated carbocycles. The van der Waals surface area contributed by atoms with Gasteiger partial charge in [-0.3, -0.25) is 0 Å². The summed E-state index contributed by atoms with van der Waals surface area (Å²) in [5.41, 5.74) is 7.15. The second kappa shape index (κ2) is 4.73. The highest BCUT2D eigenvalue weighted by molar-refractivity contribution is 6.31. The highest BCUT2D eigenvalue weighted by Gasteiger charge is 2.06. The first kappa shape index (κ1) is 11.9. The predicted octanol–water partition coefficient (Wildman–Crippen LogP) is 2.81. The number of hydrogen-bond donors (Lipinski definition) is 2. The van der Waals surface area contributed by atoms with Crippen LogP contribution >= 0.6 is 23.2 Å². The van der Waals surface area contributed by atoms with Crippen molar-refractivity contribution in [2.45, 2.75) is 6.92 Å². The lowest BCUT2D eigenvalue weighted by molar-refractivity contribution is 1.07. The molecule has 0 fully saturated rings. The Bertz CT molecular complexity index is 538. The molecule has 0 amide bonds. The Labute approximate surface area is 108 Å². The first-order valence-corrected chi connectivity index (χ1v) is 5.51. The SMILES string of the molecule is Cc1c(Cl)cccc1Nc1nc(N)nc(Cl)n1. The molecule has 0 bridgehead atoms. The molecule has 2 rings (SSSR count). The minimum atomic E-state index is 0.0414. The molecule has 0 atom stereocenters. The first-order valence-electron chi connectivity index (χ1n) is 4.75. The van der Waals surface area contributed by atoms with Crippen molar-refractivity contribution in [3.8, 4) is 0 Å². The van der Waals surface area contributed by atoms with Crippen molar-refractivity contribution < 1.29 is 0 Å². The van der Waals surface area contributed by atoms with Gasteiger partial charge < -0.3 is 11.1 Å². The number of anilines is 3. The molecule has 1 heterocycles. The average molecular weight is 270 g/mol. The lowest BCUT2D eigenvalue weighted by atomic mass is 10.2. The summed E-state index contributed by atoms with van der Waals surface area (Å²) in [5, 5.41) is 3.68. The van der Waals surface area contributed by atoms with Crippen LogP contribution in [-0.4, -0.2) is 15.0 Å². The van der Waals surface area contributed by atoms with Gasteiger partial charge in [-0.15, -0.1) is 0 Å². The predicted molar refractivity (Wildman–Crippen MR) is 68.7 cm³/mol. The normalized spacial score (nSPS) is 10.3. The zero-order valence-electron chi connectivity index (χ0n) is 8.91. The van der Waals surface area contributed by atoms with E-state index < -0.39 is 0 Å². The Kier molecular flexibility index (Phi) is 3.31. The third kappa shape index (κ3) is 2.75. The van der Waals surface area contributed by atoms with Gasteiger partial charge in [0.15, 0.2) is 0 Å². The lowest BCUT2D eigenvalue weighted by Crippen LogP contribution is -2.04. The smallest absolute Gasteiger partial charge is 0.233 e. The van der Waals surface area contributed by atoms with E-state index in [1.807, 2.05) is 19.1 Å². The average Bonchev–Trinajstić information content (AvgIpc) is 2.23. The topological polar surface area (TPSA) is 76.7 Å². The molecule has 2 aromatic rings. The van der Waals surface area contributed by atoms with E-state index in [4.69, 9.17) is 28.9 Å². The van der Waals surface area contributed by atoms with Crippen molar-refractivity contribution in [3.63, 3.8) is 0 Å². The second-order valence-corrected chi connectivity index (χ2v) is 4.07. The molecular formula is C10H9Cl2N5. The lowest BCUT2D eigenvalue weighted by Gasteiger charge is -2.09. The van der Waals surface area contributed by atoms with Crippen molar-refractivity contribution in [3.05, 3.63) is 34.1 Å². The summed E-state index contributed by atoms with van der Waals surface area (Å²) < 4.78 is 0. The van der Waals surface area contributed by atoms with Crippen LogP contribution < -0.4 is 11.1 Å². The van der Waals surface area contributed by atoms with E-state index in [-0.39, 0.29) is 17.2 Å². The first-order chi connectivity index (χ1) is 8.06. The Morgan fingerprint density at radius 1 is 1.18 bits per heavy atom. The number of aromatic nitrogens is 3. The quantitative estimate of drug-likeness (QED) is 0.877. The van der Waals surface area contributed by atoms with Gasteiger partial charge in [-0.1, -0.05) is 17.7 Å². The summed E-state index contributed by atoms with van der Waals surface area (Å²) in [4.78, 5) is 11.5. The molecule has 0 aliphatic rings. The molecule has 3 N–H and O–H groups in total. The van der Waals surface area contributed by atoms with Crippen LogP contribution in [0.2, 0.25) is 10.3 Å². The highest BCUT2D eigenvalue weighted by atomic mass is 35.5. The van der Waals surface area contributed by atoms with Crippen LogP contribution in [0.5, 0.6) is 0 Å². The summed E-state index contributed by atoms with van der Waals surface area (Å²) in [6.07, 6.45) is 0. The molecular weight excluding hydrogens is 261 g/mol. The van der Waals surface area contributed by atoms with Gasteiger partial charge in [0.25, 0.3) is 0 Å². The van der Waals surface area contributed by atoms with Gasteiger partial charge >= 0.3 is 0 Å². The van der Waals surface area contributed by atoms with Gasteiger partial charge in [0.1, 0.15) is 0 Å². The summed E-state index contributed by atoms with van der Waals surface area (Å²) in [6, 6.07) is 5.48. The molecule has 0 radical (unpaired) electrons. The van der Waals surface area contributed by atoms with E-state index in [1.165, 1.54) is 0 Å². The maximum Gasteiger partial charge on any atom is 0.233 e. The van der Waals surface area contributed by atoms with Gasteiger partial charge in [0, 0.05) is 10.7 Å². The molecule has 0 aliphatic carbocycles. The van der Waals surface area contributed by atoms with Crippen molar-refractivity contribution >= 4 is 40.8 Å². The van der Waals surface area contributed by atoms with Crippen LogP contribution in [0.25, 0.3) is 0 Å². The van der Waals surface area contributed by atoms with Crippen LogP contribution in [0.1, 0.15) is 5.56 Å². The van der Waals surface area contributed by atoms with Gasteiger partial charge in [-0.25, -0.2) is 0 Å². The fourth-order valence-electron chi connectivity index (χ4n) is 1.28. The number of rotatable bonds is 2. The number of nitrogen functional groups attached to an aromatic ring is 1. The molecule has 0 aliphatic heterocycles. The van der Waals surface area contributed by atoms with Crippen molar-refractivity contribution in [2.75, 3.05) is 11.1 Å². The molecule has 17 heavy (non-hydrogen) atoms. The number of hydrogen-bond acceptors (Lipinski definition) is 5. The fourth-order valence-corrected chi connectivity index (χ4v) is 1.63. The van der Waals surface area contributed by atoms with Crippen molar-refractivity contribution in [2.24, 2.45) is 0 Å². The Morgan fingerprint density at radius 3 is 2.65 bits per heavy atom. The molecule has 0 saturated heterocycles. The van der Waals surface area contributed by atoms with E-state index in [2.05, 4.69) is 20.3 Å². The van der Waals surface area contributed by atoms with Gasteiger partial charge in [-0.05, 0) is 36.2 Å².